The maximum Gasteiger partial charge on any atom is 0.159 e. The molecule has 2 aromatic carbocycles. The third-order valence-electron chi connectivity index (χ3n) is 2.77. The van der Waals surface area contributed by atoms with Gasteiger partial charge in [0, 0.05) is 6.42 Å². The van der Waals surface area contributed by atoms with Crippen molar-refractivity contribution in [2.75, 3.05) is 0 Å². The van der Waals surface area contributed by atoms with Crippen molar-refractivity contribution in [3.8, 4) is 0 Å². The van der Waals surface area contributed by atoms with E-state index >= 15 is 0 Å². The minimum atomic E-state index is -1.09. The van der Waals surface area contributed by atoms with E-state index in [0.717, 1.165) is 12.1 Å². The van der Waals surface area contributed by atoms with E-state index in [0.29, 0.717) is 5.56 Å². The molecule has 0 aromatic heterocycles. The summed E-state index contributed by atoms with van der Waals surface area (Å²) >= 11 is 5.76. The predicted octanol–water partition coefficient (Wildman–Crippen LogP) is 4.03. The first-order chi connectivity index (χ1) is 8.99. The summed E-state index contributed by atoms with van der Waals surface area (Å²) in [7, 11) is 0. The molecule has 0 fully saturated rings. The summed E-state index contributed by atoms with van der Waals surface area (Å²) in [6.45, 7) is 0. The lowest BCUT2D eigenvalue weighted by molar-refractivity contribution is 0.177. The zero-order valence-electron chi connectivity index (χ0n) is 9.71. The molecule has 2 rings (SSSR count). The van der Waals surface area contributed by atoms with E-state index in [-0.39, 0.29) is 17.0 Å². The van der Waals surface area contributed by atoms with Crippen LogP contribution in [-0.2, 0) is 6.42 Å². The van der Waals surface area contributed by atoms with E-state index < -0.39 is 23.6 Å². The fraction of sp³-hybridized carbons (Fsp3) is 0.143. The molecule has 100 valence electrons. The van der Waals surface area contributed by atoms with Crippen molar-refractivity contribution in [1.82, 2.24) is 0 Å². The highest BCUT2D eigenvalue weighted by Gasteiger charge is 2.14. The van der Waals surface area contributed by atoms with Crippen molar-refractivity contribution in [2.45, 2.75) is 12.5 Å². The summed E-state index contributed by atoms with van der Waals surface area (Å²) in [5.41, 5.74) is 0.609. The summed E-state index contributed by atoms with van der Waals surface area (Å²) in [4.78, 5) is 0. The SMILES string of the molecule is OC(Cc1cccc(F)c1Cl)c1ccc(F)c(F)c1. The van der Waals surface area contributed by atoms with Gasteiger partial charge in [0.15, 0.2) is 11.6 Å². The first-order valence-corrected chi connectivity index (χ1v) is 5.92. The molecule has 0 aliphatic heterocycles. The Labute approximate surface area is 113 Å². The van der Waals surface area contributed by atoms with Crippen LogP contribution in [0, 0.1) is 17.5 Å². The Morgan fingerprint density at radius 1 is 1.00 bits per heavy atom. The smallest absolute Gasteiger partial charge is 0.159 e. The van der Waals surface area contributed by atoms with Gasteiger partial charge in [0.1, 0.15) is 5.82 Å². The molecule has 19 heavy (non-hydrogen) atoms. The van der Waals surface area contributed by atoms with Crippen LogP contribution in [-0.4, -0.2) is 5.11 Å². The molecule has 0 spiro atoms. The molecular weight excluding hydrogens is 277 g/mol. The largest absolute Gasteiger partial charge is 0.388 e. The zero-order valence-corrected chi connectivity index (χ0v) is 10.5. The lowest BCUT2D eigenvalue weighted by Gasteiger charge is -2.12. The standard InChI is InChI=1S/C14H10ClF3O/c15-14-9(2-1-3-11(14)17)7-13(19)8-4-5-10(16)12(18)6-8/h1-6,13,19H,7H2. The molecule has 0 radical (unpaired) electrons. The van der Waals surface area contributed by atoms with Crippen molar-refractivity contribution in [1.29, 1.82) is 0 Å². The Morgan fingerprint density at radius 3 is 2.42 bits per heavy atom. The Hall–Kier alpha value is -1.52. The molecule has 0 amide bonds. The molecule has 1 atom stereocenters. The highest BCUT2D eigenvalue weighted by Crippen LogP contribution is 2.26. The third-order valence-corrected chi connectivity index (χ3v) is 3.20. The first kappa shape index (κ1) is 13.9. The third kappa shape index (κ3) is 3.08. The van der Waals surface area contributed by atoms with Gasteiger partial charge in [0.2, 0.25) is 0 Å². The molecule has 0 bridgehead atoms. The predicted molar refractivity (Wildman–Crippen MR) is 66.4 cm³/mol. The highest BCUT2D eigenvalue weighted by molar-refractivity contribution is 6.31. The maximum atomic E-state index is 13.2. The number of hydrogen-bond acceptors (Lipinski definition) is 1. The normalized spacial score (nSPS) is 12.5. The van der Waals surface area contributed by atoms with E-state index in [1.807, 2.05) is 0 Å². The van der Waals surface area contributed by atoms with E-state index in [4.69, 9.17) is 11.6 Å². The minimum absolute atomic E-state index is 0.0155. The van der Waals surface area contributed by atoms with Crippen LogP contribution in [0.1, 0.15) is 17.2 Å². The van der Waals surface area contributed by atoms with Gasteiger partial charge in [-0.1, -0.05) is 29.8 Å². The Morgan fingerprint density at radius 2 is 1.74 bits per heavy atom. The fourth-order valence-electron chi connectivity index (χ4n) is 1.75. The molecule has 1 unspecified atom stereocenters. The zero-order chi connectivity index (χ0) is 14.0. The number of hydrogen-bond donors (Lipinski definition) is 1. The molecule has 0 saturated heterocycles. The monoisotopic (exact) mass is 286 g/mol. The van der Waals surface area contributed by atoms with Crippen LogP contribution in [0.25, 0.3) is 0 Å². The second-order valence-electron chi connectivity index (χ2n) is 4.11. The summed E-state index contributed by atoms with van der Waals surface area (Å²) in [6, 6.07) is 7.35. The molecule has 0 heterocycles. The second kappa shape index (κ2) is 5.63. The fourth-order valence-corrected chi connectivity index (χ4v) is 1.96. The van der Waals surface area contributed by atoms with Crippen molar-refractivity contribution >= 4 is 11.6 Å². The molecule has 1 N–H and O–H groups in total. The van der Waals surface area contributed by atoms with Gasteiger partial charge in [0.25, 0.3) is 0 Å². The first-order valence-electron chi connectivity index (χ1n) is 5.55. The van der Waals surface area contributed by atoms with Crippen LogP contribution >= 0.6 is 11.6 Å². The van der Waals surface area contributed by atoms with Gasteiger partial charge in [-0.25, -0.2) is 13.2 Å². The van der Waals surface area contributed by atoms with Gasteiger partial charge in [-0.2, -0.15) is 0 Å². The average molecular weight is 287 g/mol. The van der Waals surface area contributed by atoms with Crippen molar-refractivity contribution in [2.24, 2.45) is 0 Å². The quantitative estimate of drug-likeness (QED) is 0.903. The number of halogens is 4. The van der Waals surface area contributed by atoms with Crippen LogP contribution in [0.3, 0.4) is 0 Å². The van der Waals surface area contributed by atoms with Gasteiger partial charge in [-0.15, -0.1) is 0 Å². The summed E-state index contributed by atoms with van der Waals surface area (Å²) in [5.74, 6) is -2.61. The van der Waals surface area contributed by atoms with Crippen LogP contribution < -0.4 is 0 Å². The second-order valence-corrected chi connectivity index (χ2v) is 4.48. The van der Waals surface area contributed by atoms with Gasteiger partial charge in [0.05, 0.1) is 11.1 Å². The summed E-state index contributed by atoms with van der Waals surface area (Å²) in [5, 5.41) is 9.85. The van der Waals surface area contributed by atoms with E-state index in [2.05, 4.69) is 0 Å². The van der Waals surface area contributed by atoms with Crippen molar-refractivity contribution in [3.63, 3.8) is 0 Å². The minimum Gasteiger partial charge on any atom is -0.388 e. The van der Waals surface area contributed by atoms with Crippen molar-refractivity contribution in [3.05, 3.63) is 70.0 Å². The topological polar surface area (TPSA) is 20.2 Å². The van der Waals surface area contributed by atoms with Crippen LogP contribution in [0.4, 0.5) is 13.2 Å². The lowest BCUT2D eigenvalue weighted by Crippen LogP contribution is -2.04. The molecule has 2 aromatic rings. The molecule has 5 heteroatoms. The Bertz CT molecular complexity index is 601. The van der Waals surface area contributed by atoms with Crippen LogP contribution in [0.15, 0.2) is 36.4 Å². The van der Waals surface area contributed by atoms with Gasteiger partial charge in [-0.3, -0.25) is 0 Å². The average Bonchev–Trinajstić information content (AvgIpc) is 2.38. The molecule has 0 aliphatic carbocycles. The van der Waals surface area contributed by atoms with Crippen LogP contribution in [0.5, 0.6) is 0 Å². The van der Waals surface area contributed by atoms with Gasteiger partial charge in [-0.05, 0) is 29.3 Å². The van der Waals surface area contributed by atoms with E-state index in [9.17, 15) is 18.3 Å². The number of benzene rings is 2. The summed E-state index contributed by atoms with van der Waals surface area (Å²) in [6.07, 6.45) is -1.07. The van der Waals surface area contributed by atoms with Crippen molar-refractivity contribution < 1.29 is 18.3 Å². The lowest BCUT2D eigenvalue weighted by atomic mass is 10.0. The van der Waals surface area contributed by atoms with Crippen LogP contribution in [0.2, 0.25) is 5.02 Å². The molecule has 0 aliphatic rings. The molecule has 0 saturated carbocycles. The van der Waals surface area contributed by atoms with Gasteiger partial charge >= 0.3 is 0 Å². The number of aliphatic hydroxyl groups excluding tert-OH is 1. The number of rotatable bonds is 3. The maximum absolute atomic E-state index is 13.2. The Kier molecular flexibility index (Phi) is 4.12. The van der Waals surface area contributed by atoms with E-state index in [1.54, 1.807) is 6.07 Å². The molecule has 1 nitrogen and oxygen atoms in total. The van der Waals surface area contributed by atoms with Gasteiger partial charge < -0.3 is 5.11 Å². The highest BCUT2D eigenvalue weighted by atomic mass is 35.5. The van der Waals surface area contributed by atoms with E-state index in [1.165, 1.54) is 18.2 Å². The number of aliphatic hydroxyl groups is 1. The molecular formula is C14H10ClF3O. The Balaban J connectivity index is 2.23. The summed E-state index contributed by atoms with van der Waals surface area (Å²) < 4.78 is 39.1.